The molecule has 1 atom stereocenters. The first-order chi connectivity index (χ1) is 16.7. The summed E-state index contributed by atoms with van der Waals surface area (Å²) in [7, 11) is 0. The molecule has 0 aliphatic carbocycles. The third-order valence-electron chi connectivity index (χ3n) is 6.51. The zero-order valence-corrected chi connectivity index (χ0v) is 20.4. The minimum atomic E-state index is -1.09. The van der Waals surface area contributed by atoms with Crippen LogP contribution in [0.1, 0.15) is 48.6 Å². The smallest absolute Gasteiger partial charge is 0.340 e. The predicted octanol–water partition coefficient (Wildman–Crippen LogP) is 5.43. The molecule has 4 aromatic rings. The topological polar surface area (TPSA) is 110 Å². The van der Waals surface area contributed by atoms with Crippen LogP contribution in [0.5, 0.6) is 0 Å². The Balaban J connectivity index is 1.79. The molecular formula is C28H29NO6. The molecule has 0 saturated carbocycles. The van der Waals surface area contributed by atoms with Crippen LogP contribution in [0.2, 0.25) is 0 Å². The highest BCUT2D eigenvalue weighted by atomic mass is 16.4. The van der Waals surface area contributed by atoms with Crippen molar-refractivity contribution in [3.05, 3.63) is 69.3 Å². The largest absolute Gasteiger partial charge is 0.480 e. The van der Waals surface area contributed by atoms with Crippen molar-refractivity contribution < 1.29 is 23.5 Å². The molecule has 35 heavy (non-hydrogen) atoms. The van der Waals surface area contributed by atoms with Crippen molar-refractivity contribution in [1.82, 2.24) is 5.32 Å². The summed E-state index contributed by atoms with van der Waals surface area (Å²) >= 11 is 0. The Morgan fingerprint density at radius 3 is 2.34 bits per heavy atom. The molecule has 1 unspecified atom stereocenters. The zero-order chi connectivity index (χ0) is 25.3. The van der Waals surface area contributed by atoms with E-state index in [0.717, 1.165) is 34.1 Å². The van der Waals surface area contributed by atoms with Gasteiger partial charge in [-0.05, 0) is 44.4 Å². The molecule has 182 valence electrons. The molecule has 0 spiro atoms. The van der Waals surface area contributed by atoms with Crippen LogP contribution in [0, 0.1) is 20.8 Å². The molecule has 0 saturated heterocycles. The van der Waals surface area contributed by atoms with E-state index in [1.165, 1.54) is 0 Å². The Morgan fingerprint density at radius 2 is 1.69 bits per heavy atom. The van der Waals surface area contributed by atoms with Crippen LogP contribution in [0.4, 0.5) is 0 Å². The fourth-order valence-corrected chi connectivity index (χ4v) is 4.61. The zero-order valence-electron chi connectivity index (χ0n) is 20.4. The summed E-state index contributed by atoms with van der Waals surface area (Å²) in [5.41, 5.74) is 4.01. The summed E-state index contributed by atoms with van der Waals surface area (Å²) < 4.78 is 11.8. The van der Waals surface area contributed by atoms with E-state index in [2.05, 4.69) is 5.32 Å². The summed E-state index contributed by atoms with van der Waals surface area (Å²) in [6.07, 6.45) is 1.58. The van der Waals surface area contributed by atoms with Gasteiger partial charge >= 0.3 is 11.6 Å². The van der Waals surface area contributed by atoms with Crippen molar-refractivity contribution in [2.45, 2.75) is 59.4 Å². The highest BCUT2D eigenvalue weighted by molar-refractivity contribution is 6.06. The average Bonchev–Trinajstić information content (AvgIpc) is 3.17. The molecule has 1 amide bonds. The highest BCUT2D eigenvalue weighted by Crippen LogP contribution is 2.39. The van der Waals surface area contributed by atoms with Crippen LogP contribution in [-0.2, 0) is 16.0 Å². The Hall–Kier alpha value is -3.87. The van der Waals surface area contributed by atoms with Gasteiger partial charge in [-0.15, -0.1) is 0 Å². The highest BCUT2D eigenvalue weighted by Gasteiger charge is 2.24. The molecule has 2 aromatic carbocycles. The van der Waals surface area contributed by atoms with Crippen molar-refractivity contribution in [2.24, 2.45) is 0 Å². The van der Waals surface area contributed by atoms with Gasteiger partial charge in [-0.3, -0.25) is 4.79 Å². The standard InChI is InChI=1S/C28H29NO6/c1-5-6-12-22(27(31)32)29-23(30)14-20-15(2)19-13-21-24(18-10-8-7-9-11-18)17(4)34-26(21)16(3)25(19)35-28(20)33/h7-11,13,22H,5-6,12,14H2,1-4H3,(H,29,30)(H,31,32). The Bertz CT molecular complexity index is 1480. The molecule has 2 N–H and O–H groups in total. The summed E-state index contributed by atoms with van der Waals surface area (Å²) in [5, 5.41) is 13.6. The Labute approximate surface area is 202 Å². The number of carboxylic acids is 1. The molecule has 2 aromatic heterocycles. The van der Waals surface area contributed by atoms with Crippen molar-refractivity contribution in [3.63, 3.8) is 0 Å². The average molecular weight is 476 g/mol. The third kappa shape index (κ3) is 4.58. The van der Waals surface area contributed by atoms with Gasteiger partial charge in [0.25, 0.3) is 0 Å². The molecule has 0 aliphatic rings. The van der Waals surface area contributed by atoms with E-state index in [-0.39, 0.29) is 12.0 Å². The van der Waals surface area contributed by atoms with Gasteiger partial charge in [-0.2, -0.15) is 0 Å². The Morgan fingerprint density at radius 1 is 1.00 bits per heavy atom. The fraction of sp³-hybridized carbons (Fsp3) is 0.321. The van der Waals surface area contributed by atoms with E-state index in [0.29, 0.717) is 35.1 Å². The van der Waals surface area contributed by atoms with E-state index in [4.69, 9.17) is 8.83 Å². The van der Waals surface area contributed by atoms with Gasteiger partial charge < -0.3 is 19.3 Å². The fourth-order valence-electron chi connectivity index (χ4n) is 4.61. The number of carbonyl (C=O) groups is 2. The molecule has 2 heterocycles. The monoisotopic (exact) mass is 475 g/mol. The molecule has 7 heteroatoms. The lowest BCUT2D eigenvalue weighted by Gasteiger charge is -2.15. The number of benzene rings is 2. The maximum Gasteiger partial charge on any atom is 0.340 e. The molecular weight excluding hydrogens is 446 g/mol. The van der Waals surface area contributed by atoms with Gasteiger partial charge in [0.05, 0.1) is 12.0 Å². The number of carboxylic acid groups (broad SMARTS) is 1. The maximum absolute atomic E-state index is 12.9. The van der Waals surface area contributed by atoms with Crippen molar-refractivity contribution in [2.75, 3.05) is 0 Å². The second-order valence-electron chi connectivity index (χ2n) is 8.92. The lowest BCUT2D eigenvalue weighted by molar-refractivity contribution is -0.142. The number of hydrogen-bond donors (Lipinski definition) is 2. The van der Waals surface area contributed by atoms with Crippen LogP contribution in [-0.4, -0.2) is 23.0 Å². The van der Waals surface area contributed by atoms with Crippen LogP contribution in [0.25, 0.3) is 33.1 Å². The lowest BCUT2D eigenvalue weighted by Crippen LogP contribution is -2.42. The van der Waals surface area contributed by atoms with Crippen LogP contribution in [0.15, 0.2) is 50.0 Å². The minimum Gasteiger partial charge on any atom is -0.480 e. The quantitative estimate of drug-likeness (QED) is 0.329. The van der Waals surface area contributed by atoms with Crippen molar-refractivity contribution in [1.29, 1.82) is 0 Å². The van der Waals surface area contributed by atoms with Crippen molar-refractivity contribution >= 4 is 33.8 Å². The number of aliphatic carboxylic acids is 1. The number of aryl methyl sites for hydroxylation is 3. The van der Waals surface area contributed by atoms with Crippen LogP contribution < -0.4 is 10.9 Å². The van der Waals surface area contributed by atoms with E-state index >= 15 is 0 Å². The lowest BCUT2D eigenvalue weighted by atomic mass is 9.96. The number of fused-ring (bicyclic) bond motifs is 2. The summed E-state index contributed by atoms with van der Waals surface area (Å²) in [5.74, 6) is -0.850. The number of hydrogen-bond acceptors (Lipinski definition) is 5. The number of unbranched alkanes of at least 4 members (excludes halogenated alkanes) is 1. The first-order valence-electron chi connectivity index (χ1n) is 11.8. The Kier molecular flexibility index (Phi) is 6.78. The first kappa shape index (κ1) is 24.3. The summed E-state index contributed by atoms with van der Waals surface area (Å²) in [6, 6.07) is 10.9. The normalized spacial score (nSPS) is 12.2. The van der Waals surface area contributed by atoms with Gasteiger partial charge in [0.1, 0.15) is 23.0 Å². The first-order valence-corrected chi connectivity index (χ1v) is 11.8. The predicted molar refractivity (Wildman–Crippen MR) is 135 cm³/mol. The van der Waals surface area contributed by atoms with Crippen molar-refractivity contribution in [3.8, 4) is 11.1 Å². The number of furan rings is 1. The summed E-state index contributed by atoms with van der Waals surface area (Å²) in [6.45, 7) is 7.49. The van der Waals surface area contributed by atoms with E-state index in [1.807, 2.05) is 57.2 Å². The second kappa shape index (κ2) is 9.78. The van der Waals surface area contributed by atoms with E-state index < -0.39 is 23.5 Å². The SMILES string of the molecule is CCCCC(NC(=O)Cc1c(C)c2cc3c(-c4ccccc4)c(C)oc3c(C)c2oc1=O)C(=O)O. The maximum atomic E-state index is 12.9. The molecule has 0 aliphatic heterocycles. The number of carbonyl (C=O) groups excluding carboxylic acids is 1. The molecule has 0 radical (unpaired) electrons. The van der Waals surface area contributed by atoms with E-state index in [1.54, 1.807) is 6.92 Å². The molecule has 0 fully saturated rings. The number of amides is 1. The van der Waals surface area contributed by atoms with E-state index in [9.17, 15) is 19.5 Å². The molecule has 4 rings (SSSR count). The van der Waals surface area contributed by atoms with Crippen LogP contribution in [0.3, 0.4) is 0 Å². The minimum absolute atomic E-state index is 0.217. The summed E-state index contributed by atoms with van der Waals surface area (Å²) in [4.78, 5) is 37.1. The number of nitrogens with one attached hydrogen (secondary N) is 1. The molecule has 7 nitrogen and oxygen atoms in total. The van der Waals surface area contributed by atoms with Gasteiger partial charge in [0.15, 0.2) is 0 Å². The van der Waals surface area contributed by atoms with Gasteiger partial charge in [-0.1, -0.05) is 50.1 Å². The van der Waals surface area contributed by atoms with Gasteiger partial charge in [0, 0.05) is 21.9 Å². The second-order valence-corrected chi connectivity index (χ2v) is 8.92. The van der Waals surface area contributed by atoms with Gasteiger partial charge in [0.2, 0.25) is 5.91 Å². The van der Waals surface area contributed by atoms with Crippen LogP contribution >= 0.6 is 0 Å². The van der Waals surface area contributed by atoms with Gasteiger partial charge in [-0.25, -0.2) is 9.59 Å². The number of rotatable bonds is 8. The third-order valence-corrected chi connectivity index (χ3v) is 6.51. The molecule has 0 bridgehead atoms.